The summed E-state index contributed by atoms with van der Waals surface area (Å²) >= 11 is 0. The fourth-order valence-electron chi connectivity index (χ4n) is 5.05. The third-order valence-corrected chi connectivity index (χ3v) is 8.21. The molecule has 2 heterocycles. The van der Waals surface area contributed by atoms with E-state index >= 15 is 0 Å². The van der Waals surface area contributed by atoms with E-state index < -0.39 is 27.4 Å². The van der Waals surface area contributed by atoms with E-state index in [9.17, 15) is 18.0 Å². The van der Waals surface area contributed by atoms with E-state index in [4.69, 9.17) is 4.74 Å². The second-order valence-electron chi connectivity index (χ2n) is 10.1. The minimum atomic E-state index is -3.81. The van der Waals surface area contributed by atoms with Gasteiger partial charge in [0, 0.05) is 26.6 Å². The number of hydrazone groups is 1. The Kier molecular flexibility index (Phi) is 8.61. The molecule has 2 unspecified atom stereocenters. The summed E-state index contributed by atoms with van der Waals surface area (Å²) in [6.45, 7) is 0.544. The Bertz CT molecular complexity index is 1270. The van der Waals surface area contributed by atoms with Gasteiger partial charge < -0.3 is 9.64 Å². The Morgan fingerprint density at radius 3 is 2.37 bits per heavy atom. The zero-order valence-electron chi connectivity index (χ0n) is 22.0. The fraction of sp³-hybridized carbons (Fsp3) is 0.444. The second kappa shape index (κ2) is 11.7. The molecule has 0 radical (unpaired) electrons. The minimum absolute atomic E-state index is 0.118. The molecule has 2 aliphatic heterocycles. The molecule has 0 saturated carbocycles. The van der Waals surface area contributed by atoms with Gasteiger partial charge in [-0.1, -0.05) is 60.7 Å². The number of hydrogen-bond acceptors (Lipinski definition) is 7. The zero-order valence-corrected chi connectivity index (χ0v) is 22.9. The summed E-state index contributed by atoms with van der Waals surface area (Å²) in [6.07, 6.45) is 0.831. The molecule has 0 aliphatic carbocycles. The van der Waals surface area contributed by atoms with Crippen molar-refractivity contribution in [1.82, 2.24) is 19.5 Å². The van der Waals surface area contributed by atoms with E-state index in [1.165, 1.54) is 9.91 Å². The molecule has 2 atom stereocenters. The van der Waals surface area contributed by atoms with Gasteiger partial charge in [0.25, 0.3) is 5.91 Å². The lowest BCUT2D eigenvalue weighted by atomic mass is 9.73. The van der Waals surface area contributed by atoms with E-state index in [-0.39, 0.29) is 31.5 Å². The standard InChI is InChI=1S/C27H35N5O5S/c1-30(2)20-38(35,36)29-23(18-37-17-22-12-8-5-9-13-22)25(33)32-15-14-24-27(19-32,26(34)31(3)28-24)16-21-10-6-4-7-11-21/h4-13,23,29H,14-20H2,1-3H3. The quantitative estimate of drug-likeness (QED) is 0.459. The second-order valence-corrected chi connectivity index (χ2v) is 11.8. The van der Waals surface area contributed by atoms with Crippen LogP contribution >= 0.6 is 0 Å². The van der Waals surface area contributed by atoms with Gasteiger partial charge in [-0.3, -0.25) is 14.5 Å². The lowest BCUT2D eigenvalue weighted by Gasteiger charge is -2.40. The molecule has 10 nitrogen and oxygen atoms in total. The van der Waals surface area contributed by atoms with Crippen molar-refractivity contribution >= 4 is 27.5 Å². The molecule has 204 valence electrons. The first kappa shape index (κ1) is 27.9. The fourth-order valence-corrected chi connectivity index (χ4v) is 6.41. The van der Waals surface area contributed by atoms with Crippen LogP contribution in [0.5, 0.6) is 0 Å². The van der Waals surface area contributed by atoms with Crippen LogP contribution in [0.3, 0.4) is 0 Å². The van der Waals surface area contributed by atoms with Crippen molar-refractivity contribution in [3.63, 3.8) is 0 Å². The number of piperidine rings is 1. The maximum Gasteiger partial charge on any atom is 0.256 e. The van der Waals surface area contributed by atoms with Crippen LogP contribution in [0.15, 0.2) is 65.8 Å². The summed E-state index contributed by atoms with van der Waals surface area (Å²) in [5.74, 6) is -0.860. The smallest absolute Gasteiger partial charge is 0.256 e. The van der Waals surface area contributed by atoms with Gasteiger partial charge >= 0.3 is 0 Å². The third kappa shape index (κ3) is 6.47. The van der Waals surface area contributed by atoms with Gasteiger partial charge in [-0.2, -0.15) is 9.82 Å². The maximum absolute atomic E-state index is 13.8. The van der Waals surface area contributed by atoms with Crippen molar-refractivity contribution in [1.29, 1.82) is 0 Å². The highest BCUT2D eigenvalue weighted by Crippen LogP contribution is 2.38. The lowest BCUT2D eigenvalue weighted by Crippen LogP contribution is -2.59. The number of likely N-dealkylation sites (tertiary alicyclic amines) is 1. The molecule has 0 aromatic heterocycles. The lowest BCUT2D eigenvalue weighted by molar-refractivity contribution is -0.141. The van der Waals surface area contributed by atoms with Crippen molar-refractivity contribution in [3.05, 3.63) is 71.8 Å². The van der Waals surface area contributed by atoms with Crippen molar-refractivity contribution in [2.24, 2.45) is 10.5 Å². The topological polar surface area (TPSA) is 112 Å². The van der Waals surface area contributed by atoms with Gasteiger partial charge in [0.1, 0.15) is 17.3 Å². The molecular formula is C27H35N5O5S. The minimum Gasteiger partial charge on any atom is -0.375 e. The largest absolute Gasteiger partial charge is 0.375 e. The number of hydrogen-bond donors (Lipinski definition) is 1. The summed E-state index contributed by atoms with van der Waals surface area (Å²) in [6, 6.07) is 18.0. The van der Waals surface area contributed by atoms with Crippen LogP contribution in [-0.2, 0) is 37.4 Å². The molecule has 1 saturated heterocycles. The summed E-state index contributed by atoms with van der Waals surface area (Å²) in [5, 5.41) is 5.85. The highest BCUT2D eigenvalue weighted by atomic mass is 32.2. The Morgan fingerprint density at radius 1 is 1.11 bits per heavy atom. The van der Waals surface area contributed by atoms with Gasteiger partial charge in [0.15, 0.2) is 0 Å². The number of carbonyl (C=O) groups excluding carboxylic acids is 2. The van der Waals surface area contributed by atoms with E-state index in [0.29, 0.717) is 19.4 Å². The average molecular weight is 542 g/mol. The van der Waals surface area contributed by atoms with Gasteiger partial charge in [0.05, 0.1) is 18.9 Å². The van der Waals surface area contributed by atoms with Crippen LogP contribution in [0, 0.1) is 5.41 Å². The molecule has 38 heavy (non-hydrogen) atoms. The molecule has 2 amide bonds. The number of sulfonamides is 1. The number of benzene rings is 2. The molecule has 2 aromatic carbocycles. The van der Waals surface area contributed by atoms with Crippen LogP contribution in [0.2, 0.25) is 0 Å². The highest BCUT2D eigenvalue weighted by Gasteiger charge is 2.53. The zero-order chi connectivity index (χ0) is 27.3. The van der Waals surface area contributed by atoms with Crippen LogP contribution in [0.4, 0.5) is 0 Å². The Labute approximate surface area is 224 Å². The van der Waals surface area contributed by atoms with E-state index in [1.54, 1.807) is 26.0 Å². The SMILES string of the molecule is CN(C)CS(=O)(=O)NC(COCc1ccccc1)C(=O)N1CCC2=NN(C)C(=O)C2(Cc2ccccc2)C1. The van der Waals surface area contributed by atoms with Gasteiger partial charge in [-0.25, -0.2) is 13.4 Å². The normalized spacial score (nSPS) is 20.4. The first-order chi connectivity index (χ1) is 18.1. The number of fused-ring (bicyclic) bond motifs is 1. The van der Waals surface area contributed by atoms with Gasteiger partial charge in [-0.05, 0) is 31.6 Å². The van der Waals surface area contributed by atoms with Crippen LogP contribution < -0.4 is 4.72 Å². The Morgan fingerprint density at radius 2 is 1.74 bits per heavy atom. The molecule has 1 N–H and O–H groups in total. The van der Waals surface area contributed by atoms with Gasteiger partial charge in [0.2, 0.25) is 15.9 Å². The predicted molar refractivity (Wildman–Crippen MR) is 144 cm³/mol. The van der Waals surface area contributed by atoms with E-state index in [0.717, 1.165) is 16.8 Å². The summed E-state index contributed by atoms with van der Waals surface area (Å²) in [7, 11) is 1.10. The summed E-state index contributed by atoms with van der Waals surface area (Å²) in [5.41, 5.74) is 1.65. The number of carbonyl (C=O) groups is 2. The predicted octanol–water partition coefficient (Wildman–Crippen LogP) is 1.30. The van der Waals surface area contributed by atoms with Crippen molar-refractivity contribution in [3.8, 4) is 0 Å². The number of ether oxygens (including phenoxy) is 1. The van der Waals surface area contributed by atoms with Crippen LogP contribution in [0.25, 0.3) is 0 Å². The number of nitrogens with one attached hydrogen (secondary N) is 1. The van der Waals surface area contributed by atoms with Crippen molar-refractivity contribution < 1.29 is 22.7 Å². The van der Waals surface area contributed by atoms with Crippen molar-refractivity contribution in [2.75, 3.05) is 46.7 Å². The number of rotatable bonds is 11. The summed E-state index contributed by atoms with van der Waals surface area (Å²) < 4.78 is 33.9. The first-order valence-corrected chi connectivity index (χ1v) is 14.2. The molecular weight excluding hydrogens is 506 g/mol. The Hall–Kier alpha value is -3.12. The highest BCUT2D eigenvalue weighted by molar-refractivity contribution is 7.89. The molecule has 2 aliphatic rings. The maximum atomic E-state index is 13.8. The third-order valence-electron chi connectivity index (χ3n) is 6.71. The first-order valence-electron chi connectivity index (χ1n) is 12.5. The Balaban J connectivity index is 1.55. The number of nitrogens with zero attached hydrogens (tertiary/aromatic N) is 4. The van der Waals surface area contributed by atoms with E-state index in [1.807, 2.05) is 60.7 Å². The van der Waals surface area contributed by atoms with Crippen molar-refractivity contribution in [2.45, 2.75) is 25.5 Å². The van der Waals surface area contributed by atoms with Gasteiger partial charge in [-0.15, -0.1) is 0 Å². The molecule has 2 aromatic rings. The molecule has 1 fully saturated rings. The average Bonchev–Trinajstić information content (AvgIpc) is 3.12. The molecule has 0 spiro atoms. The summed E-state index contributed by atoms with van der Waals surface area (Å²) in [4.78, 5) is 30.3. The number of amides is 2. The van der Waals surface area contributed by atoms with Crippen LogP contribution in [0.1, 0.15) is 17.5 Å². The van der Waals surface area contributed by atoms with E-state index in [2.05, 4.69) is 9.82 Å². The molecule has 0 bridgehead atoms. The monoisotopic (exact) mass is 541 g/mol. The molecule has 11 heteroatoms. The van der Waals surface area contributed by atoms with Crippen LogP contribution in [-0.4, -0.2) is 93.5 Å². The molecule has 4 rings (SSSR count).